The first-order valence-electron chi connectivity index (χ1n) is 2.24. The molecule has 4 heteroatoms. The van der Waals surface area contributed by atoms with Crippen LogP contribution in [-0.4, -0.2) is 10.2 Å². The van der Waals surface area contributed by atoms with Crippen molar-refractivity contribution in [1.82, 2.24) is 10.2 Å². The summed E-state index contributed by atoms with van der Waals surface area (Å²) in [6, 6.07) is 1.71. The zero-order valence-electron chi connectivity index (χ0n) is 4.84. The maximum absolute atomic E-state index is 5.61. The summed E-state index contributed by atoms with van der Waals surface area (Å²) in [4.78, 5) is 0. The van der Waals surface area contributed by atoms with Crippen molar-refractivity contribution in [3.8, 4) is 0 Å². The van der Waals surface area contributed by atoms with E-state index >= 15 is 0 Å². The lowest BCUT2D eigenvalue weighted by atomic mass is 10.4. The number of aryl methyl sites for hydroxylation is 1. The van der Waals surface area contributed by atoms with Gasteiger partial charge in [0.05, 0.1) is 16.9 Å². The molecule has 0 radical (unpaired) electrons. The van der Waals surface area contributed by atoms with Crippen LogP contribution in [0.1, 0.15) is 5.69 Å². The predicted octanol–water partition coefficient (Wildman–Crippen LogP) is 1.86. The summed E-state index contributed by atoms with van der Waals surface area (Å²) in [5.41, 5.74) is 0.772. The van der Waals surface area contributed by atoms with E-state index in [1.807, 2.05) is 6.92 Å². The molecular formula is C5H6Cl2N2. The van der Waals surface area contributed by atoms with Gasteiger partial charge >= 0.3 is 0 Å². The lowest BCUT2D eigenvalue weighted by Gasteiger charge is -1.88. The van der Waals surface area contributed by atoms with Crippen LogP contribution in [0.4, 0.5) is 0 Å². The van der Waals surface area contributed by atoms with Crippen LogP contribution in [0.5, 0.6) is 0 Å². The second-order valence-corrected chi connectivity index (χ2v) is 1.87. The van der Waals surface area contributed by atoms with Gasteiger partial charge < -0.3 is 0 Å². The van der Waals surface area contributed by atoms with Gasteiger partial charge in [-0.2, -0.15) is 10.2 Å². The van der Waals surface area contributed by atoms with Crippen molar-refractivity contribution < 1.29 is 0 Å². The van der Waals surface area contributed by atoms with Crippen molar-refractivity contribution in [1.29, 1.82) is 0 Å². The molecule has 0 saturated carbocycles. The largest absolute Gasteiger partial charge is 0.159 e. The van der Waals surface area contributed by atoms with Gasteiger partial charge in [-0.05, 0) is 13.0 Å². The highest BCUT2D eigenvalue weighted by atomic mass is 35.5. The second kappa shape index (κ2) is 3.64. The minimum absolute atomic E-state index is 0. The number of halogens is 2. The van der Waals surface area contributed by atoms with Crippen LogP contribution in [0, 0.1) is 6.92 Å². The monoisotopic (exact) mass is 164 g/mol. The van der Waals surface area contributed by atoms with Crippen LogP contribution in [0.15, 0.2) is 12.3 Å². The lowest BCUT2D eigenvalue weighted by Crippen LogP contribution is -1.83. The molecule has 0 aromatic carbocycles. The Bertz CT molecular complexity index is 169. The summed E-state index contributed by atoms with van der Waals surface area (Å²) in [6.45, 7) is 1.81. The van der Waals surface area contributed by atoms with Gasteiger partial charge in [-0.15, -0.1) is 12.4 Å². The van der Waals surface area contributed by atoms with E-state index in [1.54, 1.807) is 12.3 Å². The molecule has 0 atom stereocenters. The molecule has 0 spiro atoms. The highest BCUT2D eigenvalue weighted by Gasteiger charge is 1.89. The van der Waals surface area contributed by atoms with Gasteiger partial charge in [-0.3, -0.25) is 0 Å². The average Bonchev–Trinajstić information content (AvgIpc) is 1.77. The lowest BCUT2D eigenvalue weighted by molar-refractivity contribution is 0.981. The summed E-state index contributed by atoms with van der Waals surface area (Å²) >= 11 is 5.61. The smallest absolute Gasteiger partial charge is 0.0786 e. The first-order valence-corrected chi connectivity index (χ1v) is 2.62. The summed E-state index contributed by atoms with van der Waals surface area (Å²) in [7, 11) is 0. The number of aromatic nitrogens is 2. The maximum atomic E-state index is 5.61. The van der Waals surface area contributed by atoms with Gasteiger partial charge in [0.1, 0.15) is 0 Å². The highest BCUT2D eigenvalue weighted by Crippen LogP contribution is 2.07. The van der Waals surface area contributed by atoms with Crippen molar-refractivity contribution in [2.75, 3.05) is 0 Å². The van der Waals surface area contributed by atoms with Crippen molar-refractivity contribution >= 4 is 24.0 Å². The topological polar surface area (TPSA) is 25.8 Å². The van der Waals surface area contributed by atoms with Crippen molar-refractivity contribution in [3.05, 3.63) is 23.0 Å². The fraction of sp³-hybridized carbons (Fsp3) is 0.200. The molecule has 2 nitrogen and oxygen atoms in total. The minimum atomic E-state index is 0. The first kappa shape index (κ1) is 8.66. The highest BCUT2D eigenvalue weighted by molar-refractivity contribution is 6.31. The predicted molar refractivity (Wildman–Crippen MR) is 39.0 cm³/mol. The van der Waals surface area contributed by atoms with Crippen LogP contribution < -0.4 is 0 Å². The number of hydrogen-bond donors (Lipinski definition) is 0. The Morgan fingerprint density at radius 2 is 2.22 bits per heavy atom. The first-order chi connectivity index (χ1) is 3.80. The third-order valence-corrected chi connectivity index (χ3v) is 1.24. The Hall–Kier alpha value is -0.340. The quantitative estimate of drug-likeness (QED) is 0.586. The van der Waals surface area contributed by atoms with Crippen molar-refractivity contribution in [2.24, 2.45) is 0 Å². The summed E-state index contributed by atoms with van der Waals surface area (Å²) < 4.78 is 0. The second-order valence-electron chi connectivity index (χ2n) is 1.46. The molecule has 50 valence electrons. The molecule has 0 aliphatic rings. The molecule has 1 heterocycles. The molecule has 0 saturated heterocycles. The van der Waals surface area contributed by atoms with Crippen LogP contribution >= 0.6 is 24.0 Å². The number of rotatable bonds is 0. The third kappa shape index (κ3) is 2.16. The Morgan fingerprint density at radius 1 is 1.56 bits per heavy atom. The van der Waals surface area contributed by atoms with E-state index in [0.717, 1.165) is 5.69 Å². The minimum Gasteiger partial charge on any atom is -0.159 e. The summed E-state index contributed by atoms with van der Waals surface area (Å²) in [6.07, 6.45) is 1.56. The fourth-order valence-electron chi connectivity index (χ4n) is 0.387. The fourth-order valence-corrected chi connectivity index (χ4v) is 0.481. The van der Waals surface area contributed by atoms with E-state index in [4.69, 9.17) is 11.6 Å². The molecular weight excluding hydrogens is 159 g/mol. The standard InChI is InChI=1S/C5H5ClN2.ClH/c1-4-5(6)2-3-7-8-4;/h2-3H,1H3;1H. The van der Waals surface area contributed by atoms with Gasteiger partial charge in [-0.25, -0.2) is 0 Å². The van der Waals surface area contributed by atoms with Crippen LogP contribution in [0.2, 0.25) is 5.02 Å². The average molecular weight is 165 g/mol. The molecule has 0 unspecified atom stereocenters. The van der Waals surface area contributed by atoms with Gasteiger partial charge in [-0.1, -0.05) is 11.6 Å². The van der Waals surface area contributed by atoms with Crippen molar-refractivity contribution in [2.45, 2.75) is 6.92 Å². The van der Waals surface area contributed by atoms with E-state index in [1.165, 1.54) is 0 Å². The molecule has 0 fully saturated rings. The summed E-state index contributed by atoms with van der Waals surface area (Å²) in [5.74, 6) is 0. The molecule has 1 aromatic rings. The molecule has 9 heavy (non-hydrogen) atoms. The Balaban J connectivity index is 0.000000640. The van der Waals surface area contributed by atoms with Crippen LogP contribution in [0.3, 0.4) is 0 Å². The SMILES string of the molecule is Cc1nnccc1Cl.Cl. The normalized spacial score (nSPS) is 8.22. The summed E-state index contributed by atoms with van der Waals surface area (Å²) in [5, 5.41) is 7.97. The van der Waals surface area contributed by atoms with Gasteiger partial charge in [0.2, 0.25) is 0 Å². The zero-order valence-corrected chi connectivity index (χ0v) is 6.41. The van der Waals surface area contributed by atoms with Gasteiger partial charge in [0, 0.05) is 0 Å². The van der Waals surface area contributed by atoms with E-state index in [9.17, 15) is 0 Å². The van der Waals surface area contributed by atoms with Gasteiger partial charge in [0.15, 0.2) is 0 Å². The van der Waals surface area contributed by atoms with Crippen LogP contribution in [-0.2, 0) is 0 Å². The van der Waals surface area contributed by atoms with E-state index in [2.05, 4.69) is 10.2 Å². The third-order valence-electron chi connectivity index (χ3n) is 0.841. The van der Waals surface area contributed by atoms with Crippen LogP contribution in [0.25, 0.3) is 0 Å². The molecule has 1 rings (SSSR count). The zero-order chi connectivity index (χ0) is 5.98. The van der Waals surface area contributed by atoms with E-state index in [-0.39, 0.29) is 12.4 Å². The van der Waals surface area contributed by atoms with E-state index < -0.39 is 0 Å². The Kier molecular flexibility index (Phi) is 3.50. The van der Waals surface area contributed by atoms with Gasteiger partial charge in [0.25, 0.3) is 0 Å². The molecule has 0 amide bonds. The van der Waals surface area contributed by atoms with E-state index in [0.29, 0.717) is 5.02 Å². The maximum Gasteiger partial charge on any atom is 0.0786 e. The molecule has 0 bridgehead atoms. The number of hydrogen-bond acceptors (Lipinski definition) is 2. The molecule has 0 aliphatic carbocycles. The Labute approximate surface area is 64.7 Å². The van der Waals surface area contributed by atoms with Crippen molar-refractivity contribution in [3.63, 3.8) is 0 Å². The Morgan fingerprint density at radius 3 is 2.56 bits per heavy atom. The molecule has 1 aromatic heterocycles. The molecule has 0 N–H and O–H groups in total. The molecule has 0 aliphatic heterocycles. The number of nitrogens with zero attached hydrogens (tertiary/aromatic N) is 2.